The van der Waals surface area contributed by atoms with Gasteiger partial charge in [-0.25, -0.2) is 0 Å². The number of aryl methyl sites for hydroxylation is 1. The molecule has 0 aromatic heterocycles. The minimum Gasteiger partial charge on any atom is -0.337 e. The number of amides is 1. The summed E-state index contributed by atoms with van der Waals surface area (Å²) in [6.07, 6.45) is 1.03. The summed E-state index contributed by atoms with van der Waals surface area (Å²) in [4.78, 5) is 17.4. The Hall–Kier alpha value is -2.13. The minimum atomic E-state index is 0.112. The fraction of sp³-hybridized carbons (Fsp3) is 0.458. The number of carbonyl (C=O) groups is 1. The van der Waals surface area contributed by atoms with E-state index in [-0.39, 0.29) is 11.3 Å². The summed E-state index contributed by atoms with van der Waals surface area (Å²) in [5, 5.41) is 0. The Balaban J connectivity index is 1.60. The van der Waals surface area contributed by atoms with Crippen molar-refractivity contribution < 1.29 is 4.79 Å². The molecule has 0 N–H and O–H groups in total. The highest BCUT2D eigenvalue weighted by molar-refractivity contribution is 5.94. The Morgan fingerprint density at radius 1 is 0.889 bits per heavy atom. The maximum absolute atomic E-state index is 12.9. The lowest BCUT2D eigenvalue weighted by atomic mass is 9.86. The van der Waals surface area contributed by atoms with Crippen LogP contribution in [-0.2, 0) is 12.0 Å². The number of carbonyl (C=O) groups excluding carboxylic acids is 1. The van der Waals surface area contributed by atoms with E-state index in [0.29, 0.717) is 0 Å². The van der Waals surface area contributed by atoms with E-state index >= 15 is 0 Å². The zero-order valence-corrected chi connectivity index (χ0v) is 17.2. The predicted molar refractivity (Wildman–Crippen MR) is 112 cm³/mol. The molecule has 0 atom stereocenters. The number of hydrogen-bond donors (Lipinski definition) is 0. The molecule has 3 rings (SSSR count). The number of hydrogen-bond acceptors (Lipinski definition) is 2. The fourth-order valence-corrected chi connectivity index (χ4v) is 3.58. The van der Waals surface area contributed by atoms with Crippen molar-refractivity contribution in [3.05, 3.63) is 70.8 Å². The van der Waals surface area contributed by atoms with Gasteiger partial charge in [-0.3, -0.25) is 9.69 Å². The summed E-state index contributed by atoms with van der Waals surface area (Å²) in [5.74, 6) is 0.160. The van der Waals surface area contributed by atoms with Gasteiger partial charge in [0.05, 0.1) is 0 Å². The molecule has 0 spiro atoms. The molecule has 144 valence electrons. The van der Waals surface area contributed by atoms with Gasteiger partial charge in [-0.15, -0.1) is 0 Å². The average molecular weight is 365 g/mol. The zero-order chi connectivity index (χ0) is 19.4. The molecule has 0 saturated carbocycles. The van der Waals surface area contributed by atoms with E-state index in [2.05, 4.69) is 69.0 Å². The van der Waals surface area contributed by atoms with Gasteiger partial charge in [0.25, 0.3) is 5.91 Å². The first-order valence-corrected chi connectivity index (χ1v) is 10.0. The summed E-state index contributed by atoms with van der Waals surface area (Å²) in [7, 11) is 0. The van der Waals surface area contributed by atoms with Gasteiger partial charge in [0, 0.05) is 38.3 Å². The Bertz CT molecular complexity index is 756. The highest BCUT2D eigenvalue weighted by Gasteiger charge is 2.21. The second-order valence-electron chi connectivity index (χ2n) is 8.73. The molecule has 2 aromatic carbocycles. The van der Waals surface area contributed by atoms with Crippen LogP contribution in [0.1, 0.15) is 54.2 Å². The van der Waals surface area contributed by atoms with Gasteiger partial charge < -0.3 is 4.90 Å². The minimum absolute atomic E-state index is 0.112. The second kappa shape index (κ2) is 8.26. The third-order valence-electron chi connectivity index (χ3n) is 5.40. The first-order valence-electron chi connectivity index (χ1n) is 10.0. The quantitative estimate of drug-likeness (QED) is 0.792. The van der Waals surface area contributed by atoms with Gasteiger partial charge in [-0.1, -0.05) is 62.7 Å². The van der Waals surface area contributed by atoms with Crippen molar-refractivity contribution in [2.75, 3.05) is 26.2 Å². The predicted octanol–water partition coefficient (Wildman–Crippen LogP) is 4.64. The summed E-state index contributed by atoms with van der Waals surface area (Å²) in [6, 6.07) is 16.9. The maximum atomic E-state index is 12.9. The molecule has 1 saturated heterocycles. The molecular formula is C24H32N2O. The maximum Gasteiger partial charge on any atom is 0.253 e. The van der Waals surface area contributed by atoms with Gasteiger partial charge in [0.15, 0.2) is 0 Å². The van der Waals surface area contributed by atoms with E-state index in [4.69, 9.17) is 0 Å². The van der Waals surface area contributed by atoms with Gasteiger partial charge >= 0.3 is 0 Å². The van der Waals surface area contributed by atoms with Gasteiger partial charge in [-0.2, -0.15) is 0 Å². The first-order chi connectivity index (χ1) is 12.8. The summed E-state index contributed by atoms with van der Waals surface area (Å²) < 4.78 is 0. The molecule has 3 heteroatoms. The molecule has 3 nitrogen and oxygen atoms in total. The third-order valence-corrected chi connectivity index (χ3v) is 5.40. The molecule has 1 heterocycles. The summed E-state index contributed by atoms with van der Waals surface area (Å²) in [5.41, 5.74) is 4.82. The largest absolute Gasteiger partial charge is 0.337 e. The molecule has 0 unspecified atom stereocenters. The Morgan fingerprint density at radius 3 is 2.19 bits per heavy atom. The fourth-order valence-electron chi connectivity index (χ4n) is 3.58. The van der Waals surface area contributed by atoms with Crippen molar-refractivity contribution in [1.82, 2.24) is 9.80 Å². The van der Waals surface area contributed by atoms with E-state index in [9.17, 15) is 4.79 Å². The first kappa shape index (κ1) is 19.6. The van der Waals surface area contributed by atoms with Gasteiger partial charge in [0.1, 0.15) is 0 Å². The van der Waals surface area contributed by atoms with Crippen LogP contribution in [0.3, 0.4) is 0 Å². The van der Waals surface area contributed by atoms with Crippen LogP contribution in [0.5, 0.6) is 0 Å². The lowest BCUT2D eigenvalue weighted by molar-refractivity contribution is 0.0761. The van der Waals surface area contributed by atoms with Crippen molar-refractivity contribution in [2.24, 2.45) is 0 Å². The van der Waals surface area contributed by atoms with Gasteiger partial charge in [0.2, 0.25) is 0 Å². The van der Waals surface area contributed by atoms with Crippen LogP contribution in [0.15, 0.2) is 48.5 Å². The average Bonchev–Trinajstić information content (AvgIpc) is 2.88. The SMILES string of the molecule is Cc1ccc(CN2CCCN(C(=O)c3ccc(C(C)(C)C)cc3)CC2)cc1. The zero-order valence-electron chi connectivity index (χ0n) is 17.2. The van der Waals surface area contributed by atoms with Crippen LogP contribution in [0.4, 0.5) is 0 Å². The van der Waals surface area contributed by atoms with E-state index in [1.54, 1.807) is 0 Å². The molecule has 1 aliphatic heterocycles. The van der Waals surface area contributed by atoms with Crippen LogP contribution < -0.4 is 0 Å². The highest BCUT2D eigenvalue weighted by atomic mass is 16.2. The molecule has 1 fully saturated rings. The molecule has 0 aliphatic carbocycles. The van der Waals surface area contributed by atoms with Crippen LogP contribution in [0.2, 0.25) is 0 Å². The Kier molecular flexibility index (Phi) is 6.01. The van der Waals surface area contributed by atoms with E-state index in [0.717, 1.165) is 44.7 Å². The Labute approximate surface area is 164 Å². The van der Waals surface area contributed by atoms with E-state index in [1.807, 2.05) is 17.0 Å². The number of rotatable bonds is 3. The molecule has 1 amide bonds. The second-order valence-corrected chi connectivity index (χ2v) is 8.73. The van der Waals surface area contributed by atoms with Crippen LogP contribution in [-0.4, -0.2) is 41.9 Å². The monoisotopic (exact) mass is 364 g/mol. The van der Waals surface area contributed by atoms with Crippen LogP contribution in [0, 0.1) is 6.92 Å². The van der Waals surface area contributed by atoms with Crippen molar-refractivity contribution in [3.63, 3.8) is 0 Å². The number of nitrogens with zero attached hydrogens (tertiary/aromatic N) is 2. The molecule has 1 aliphatic rings. The molecule has 2 aromatic rings. The topological polar surface area (TPSA) is 23.6 Å². The molecule has 0 radical (unpaired) electrons. The molecule has 27 heavy (non-hydrogen) atoms. The van der Waals surface area contributed by atoms with Crippen molar-refractivity contribution in [2.45, 2.75) is 46.1 Å². The lowest BCUT2D eigenvalue weighted by Crippen LogP contribution is -2.35. The smallest absolute Gasteiger partial charge is 0.253 e. The highest BCUT2D eigenvalue weighted by Crippen LogP contribution is 2.22. The molecule has 0 bridgehead atoms. The van der Waals surface area contributed by atoms with Gasteiger partial charge in [-0.05, 0) is 42.0 Å². The van der Waals surface area contributed by atoms with Crippen LogP contribution >= 0.6 is 0 Å². The summed E-state index contributed by atoms with van der Waals surface area (Å²) >= 11 is 0. The lowest BCUT2D eigenvalue weighted by Gasteiger charge is -2.23. The van der Waals surface area contributed by atoms with Crippen molar-refractivity contribution >= 4 is 5.91 Å². The standard InChI is InChI=1S/C24H32N2O/c1-19-6-8-20(9-7-19)18-25-14-5-15-26(17-16-25)23(27)21-10-12-22(13-11-21)24(2,3)4/h6-13H,5,14-18H2,1-4H3. The molecular weight excluding hydrogens is 332 g/mol. The van der Waals surface area contributed by atoms with E-state index in [1.165, 1.54) is 16.7 Å². The normalized spacial score (nSPS) is 16.2. The summed E-state index contributed by atoms with van der Waals surface area (Å²) in [6.45, 7) is 13.3. The Morgan fingerprint density at radius 2 is 1.56 bits per heavy atom. The third kappa shape index (κ3) is 5.20. The van der Waals surface area contributed by atoms with E-state index < -0.39 is 0 Å². The van der Waals surface area contributed by atoms with Crippen molar-refractivity contribution in [3.8, 4) is 0 Å². The van der Waals surface area contributed by atoms with Crippen molar-refractivity contribution in [1.29, 1.82) is 0 Å². The number of benzene rings is 2. The van der Waals surface area contributed by atoms with Crippen LogP contribution in [0.25, 0.3) is 0 Å².